The lowest BCUT2D eigenvalue weighted by atomic mass is 10.0. The molecular weight excluding hydrogens is 263 g/mol. The molecule has 0 fully saturated rings. The summed E-state index contributed by atoms with van der Waals surface area (Å²) in [4.78, 5) is 0. The number of hydrogen-bond donors (Lipinski definition) is 0. The highest BCUT2D eigenvalue weighted by Crippen LogP contribution is 2.33. The maximum Gasteiger partial charge on any atom is 0.341 e. The predicted octanol–water partition coefficient (Wildman–Crippen LogP) is 7.31. The van der Waals surface area contributed by atoms with Crippen molar-refractivity contribution in [1.82, 2.24) is 0 Å². The van der Waals surface area contributed by atoms with Gasteiger partial charge in [-0.25, -0.2) is 0 Å². The minimum absolute atomic E-state index is 0.494. The van der Waals surface area contributed by atoms with E-state index in [1.165, 1.54) is 77.0 Å². The van der Waals surface area contributed by atoms with E-state index in [-0.39, 0.29) is 0 Å². The zero-order valence-electron chi connectivity index (χ0n) is 14.3. The van der Waals surface area contributed by atoms with E-state index in [9.17, 15) is 4.57 Å². The Morgan fingerprint density at radius 1 is 0.700 bits per heavy atom. The SMILES string of the molecule is CCCCCCCCCCCCCC(CC)[P+](=O)CC. The van der Waals surface area contributed by atoms with Crippen LogP contribution in [0.15, 0.2) is 0 Å². The number of hydrogen-bond acceptors (Lipinski definition) is 1. The average Bonchev–Trinajstić information content (AvgIpc) is 2.48. The molecule has 0 N–H and O–H groups in total. The normalized spacial score (nSPS) is 13.4. The van der Waals surface area contributed by atoms with Crippen LogP contribution >= 0.6 is 7.80 Å². The number of unbranched alkanes of at least 4 members (excludes halogenated alkanes) is 10. The van der Waals surface area contributed by atoms with Crippen molar-refractivity contribution in [3.05, 3.63) is 0 Å². The van der Waals surface area contributed by atoms with Gasteiger partial charge in [-0.1, -0.05) is 82.6 Å². The molecule has 0 radical (unpaired) electrons. The van der Waals surface area contributed by atoms with Gasteiger partial charge in [0.25, 0.3) is 0 Å². The van der Waals surface area contributed by atoms with Crippen LogP contribution in [0.5, 0.6) is 0 Å². The first-order valence-electron chi connectivity index (χ1n) is 9.19. The summed E-state index contributed by atoms with van der Waals surface area (Å²) in [5, 5.41) is 0. The Labute approximate surface area is 129 Å². The van der Waals surface area contributed by atoms with Gasteiger partial charge in [0.2, 0.25) is 0 Å². The van der Waals surface area contributed by atoms with Crippen molar-refractivity contribution in [3.63, 3.8) is 0 Å². The van der Waals surface area contributed by atoms with Gasteiger partial charge < -0.3 is 0 Å². The minimum Gasteiger partial charge on any atom is -0.0745 e. The van der Waals surface area contributed by atoms with Gasteiger partial charge in [-0.15, -0.1) is 0 Å². The third kappa shape index (κ3) is 11.9. The second kappa shape index (κ2) is 15.5. The lowest BCUT2D eigenvalue weighted by molar-refractivity contribution is 0.531. The van der Waals surface area contributed by atoms with Crippen LogP contribution < -0.4 is 0 Å². The molecular formula is C18H38OP+. The zero-order chi connectivity index (χ0) is 15.1. The standard InChI is InChI=1S/C18H38OP/c1-4-7-8-9-10-11-12-13-14-15-16-17-18(5-2)20(19)6-3/h18H,4-17H2,1-3H3/q+1. The Morgan fingerprint density at radius 3 is 1.55 bits per heavy atom. The summed E-state index contributed by atoms with van der Waals surface area (Å²) >= 11 is 0. The molecule has 0 aliphatic rings. The van der Waals surface area contributed by atoms with E-state index in [0.717, 1.165) is 12.6 Å². The topological polar surface area (TPSA) is 17.1 Å². The van der Waals surface area contributed by atoms with Gasteiger partial charge in [0.05, 0.1) is 0 Å². The molecule has 0 rings (SSSR count). The van der Waals surface area contributed by atoms with Crippen LogP contribution in [0.3, 0.4) is 0 Å². The van der Waals surface area contributed by atoms with E-state index in [2.05, 4.69) is 20.8 Å². The van der Waals surface area contributed by atoms with Crippen molar-refractivity contribution in [2.45, 2.75) is 110 Å². The van der Waals surface area contributed by atoms with E-state index in [0.29, 0.717) is 5.66 Å². The lowest BCUT2D eigenvalue weighted by Gasteiger charge is -2.05. The summed E-state index contributed by atoms with van der Waals surface area (Å²) in [6, 6.07) is 0. The van der Waals surface area contributed by atoms with Gasteiger partial charge in [-0.05, 0) is 26.2 Å². The molecule has 0 aliphatic heterocycles. The molecule has 0 saturated heterocycles. The molecule has 0 spiro atoms. The molecule has 0 aromatic carbocycles. The predicted molar refractivity (Wildman–Crippen MR) is 93.3 cm³/mol. The third-order valence-corrected chi connectivity index (χ3v) is 6.39. The highest BCUT2D eigenvalue weighted by Gasteiger charge is 2.24. The van der Waals surface area contributed by atoms with E-state index in [1.54, 1.807) is 0 Å². The molecule has 120 valence electrons. The van der Waals surface area contributed by atoms with Crippen molar-refractivity contribution in [2.24, 2.45) is 0 Å². The molecule has 0 aromatic heterocycles. The largest absolute Gasteiger partial charge is 0.341 e. The fourth-order valence-electron chi connectivity index (χ4n) is 2.85. The summed E-state index contributed by atoms with van der Waals surface area (Å²) in [5.74, 6) is 0. The molecule has 2 unspecified atom stereocenters. The van der Waals surface area contributed by atoms with Gasteiger partial charge in [0.15, 0.2) is 5.66 Å². The maximum absolute atomic E-state index is 11.8. The van der Waals surface area contributed by atoms with Crippen molar-refractivity contribution in [3.8, 4) is 0 Å². The van der Waals surface area contributed by atoms with Crippen molar-refractivity contribution < 1.29 is 4.57 Å². The van der Waals surface area contributed by atoms with Crippen LogP contribution in [0, 0.1) is 0 Å². The molecule has 0 amide bonds. The van der Waals surface area contributed by atoms with Gasteiger partial charge in [0.1, 0.15) is 6.16 Å². The second-order valence-electron chi connectivity index (χ2n) is 6.12. The molecule has 0 heterocycles. The highest BCUT2D eigenvalue weighted by molar-refractivity contribution is 7.45. The molecule has 0 saturated carbocycles. The molecule has 2 heteroatoms. The Balaban J connectivity index is 3.25. The zero-order valence-corrected chi connectivity index (χ0v) is 15.2. The van der Waals surface area contributed by atoms with Crippen LogP contribution in [0.25, 0.3) is 0 Å². The first-order valence-corrected chi connectivity index (χ1v) is 10.7. The lowest BCUT2D eigenvalue weighted by Crippen LogP contribution is -2.01. The summed E-state index contributed by atoms with van der Waals surface area (Å²) in [6.07, 6.45) is 18.5. The number of rotatable bonds is 15. The molecule has 20 heavy (non-hydrogen) atoms. The van der Waals surface area contributed by atoms with E-state index in [4.69, 9.17) is 0 Å². The third-order valence-electron chi connectivity index (χ3n) is 4.33. The summed E-state index contributed by atoms with van der Waals surface area (Å²) in [5.41, 5.74) is 0.494. The van der Waals surface area contributed by atoms with Crippen LogP contribution in [0.4, 0.5) is 0 Å². The van der Waals surface area contributed by atoms with Crippen LogP contribution in [-0.2, 0) is 4.57 Å². The highest BCUT2D eigenvalue weighted by atomic mass is 31.1. The van der Waals surface area contributed by atoms with Gasteiger partial charge >= 0.3 is 7.80 Å². The quantitative estimate of drug-likeness (QED) is 0.229. The first-order chi connectivity index (χ1) is 9.76. The van der Waals surface area contributed by atoms with Crippen molar-refractivity contribution in [1.29, 1.82) is 0 Å². The molecule has 2 atom stereocenters. The van der Waals surface area contributed by atoms with Crippen LogP contribution in [0.1, 0.15) is 104 Å². The Bertz CT molecular complexity index is 215. The maximum atomic E-state index is 11.8. The average molecular weight is 301 g/mol. The van der Waals surface area contributed by atoms with Gasteiger partial charge in [-0.3, -0.25) is 0 Å². The van der Waals surface area contributed by atoms with Gasteiger partial charge in [0, 0.05) is 0 Å². The Morgan fingerprint density at radius 2 is 1.15 bits per heavy atom. The van der Waals surface area contributed by atoms with E-state index >= 15 is 0 Å². The summed E-state index contributed by atoms with van der Waals surface area (Å²) in [7, 11) is -0.930. The molecule has 0 aliphatic carbocycles. The fraction of sp³-hybridized carbons (Fsp3) is 1.00. The Hall–Kier alpha value is 0.100. The van der Waals surface area contributed by atoms with Crippen molar-refractivity contribution in [2.75, 3.05) is 6.16 Å². The summed E-state index contributed by atoms with van der Waals surface area (Å²) < 4.78 is 11.8. The van der Waals surface area contributed by atoms with Crippen molar-refractivity contribution >= 4 is 7.80 Å². The van der Waals surface area contributed by atoms with Crippen LogP contribution in [-0.4, -0.2) is 11.8 Å². The fourth-order valence-corrected chi connectivity index (χ4v) is 4.25. The Kier molecular flexibility index (Phi) is 15.6. The molecule has 1 nitrogen and oxygen atoms in total. The minimum atomic E-state index is -0.930. The smallest absolute Gasteiger partial charge is 0.0745 e. The molecule has 0 bridgehead atoms. The summed E-state index contributed by atoms with van der Waals surface area (Å²) in [6.45, 7) is 6.52. The molecule has 0 aromatic rings. The monoisotopic (exact) mass is 301 g/mol. The second-order valence-corrected chi connectivity index (χ2v) is 8.32. The van der Waals surface area contributed by atoms with Crippen LogP contribution in [0.2, 0.25) is 0 Å². The van der Waals surface area contributed by atoms with E-state index in [1.807, 2.05) is 0 Å². The first kappa shape index (κ1) is 20.1. The van der Waals surface area contributed by atoms with Gasteiger partial charge in [-0.2, -0.15) is 0 Å². The van der Waals surface area contributed by atoms with E-state index < -0.39 is 7.80 Å².